The first-order valence-electron chi connectivity index (χ1n) is 7.16. The van der Waals surface area contributed by atoms with Crippen molar-refractivity contribution in [2.24, 2.45) is 0 Å². The summed E-state index contributed by atoms with van der Waals surface area (Å²) in [4.78, 5) is 12.4. The molecule has 0 aliphatic carbocycles. The van der Waals surface area contributed by atoms with Crippen LogP contribution in [-0.2, 0) is 4.74 Å². The summed E-state index contributed by atoms with van der Waals surface area (Å²) in [5.74, 6) is 0.797. The minimum absolute atomic E-state index is 0.124. The average Bonchev–Trinajstić information content (AvgIpc) is 2.99. The zero-order valence-electron chi connectivity index (χ0n) is 12.6. The molecule has 1 aliphatic heterocycles. The fourth-order valence-electron chi connectivity index (χ4n) is 2.36. The highest BCUT2D eigenvalue weighted by Gasteiger charge is 2.28. The van der Waals surface area contributed by atoms with Gasteiger partial charge < -0.3 is 14.2 Å². The highest BCUT2D eigenvalue weighted by atomic mass is 79.9. The van der Waals surface area contributed by atoms with E-state index in [4.69, 9.17) is 25.8 Å². The first-order valence-corrected chi connectivity index (χ1v) is 9.24. The van der Waals surface area contributed by atoms with Crippen LogP contribution in [0.5, 0.6) is 11.5 Å². The number of fused-ring (bicyclic) bond motifs is 1. The fourth-order valence-corrected chi connectivity index (χ4v) is 3.51. The number of hydrogen-bond acceptors (Lipinski definition) is 4. The van der Waals surface area contributed by atoms with Crippen LogP contribution in [-0.4, -0.2) is 17.6 Å². The molecule has 0 amide bonds. The van der Waals surface area contributed by atoms with Crippen LogP contribution in [0.3, 0.4) is 0 Å². The van der Waals surface area contributed by atoms with Gasteiger partial charge in [-0.3, -0.25) is 0 Å². The monoisotopic (exact) mass is 474 g/mol. The Balaban J connectivity index is 1.91. The van der Waals surface area contributed by atoms with Crippen molar-refractivity contribution < 1.29 is 19.0 Å². The first-order chi connectivity index (χ1) is 11.5. The number of hydrogen-bond donors (Lipinski definition) is 0. The van der Waals surface area contributed by atoms with Gasteiger partial charge >= 0.3 is 5.97 Å². The van der Waals surface area contributed by atoms with Crippen LogP contribution < -0.4 is 9.47 Å². The molecule has 2 aromatic rings. The molecule has 0 fully saturated rings. The molecule has 1 heterocycles. The highest BCUT2D eigenvalue weighted by Crippen LogP contribution is 2.42. The zero-order chi connectivity index (χ0) is 17.3. The summed E-state index contributed by atoms with van der Waals surface area (Å²) in [5, 5.41) is 0.355. The van der Waals surface area contributed by atoms with Gasteiger partial charge in [0.15, 0.2) is 11.5 Å². The molecule has 0 aromatic heterocycles. The lowest BCUT2D eigenvalue weighted by molar-refractivity contribution is 0.0302. The molecule has 0 saturated heterocycles. The summed E-state index contributed by atoms with van der Waals surface area (Å²) in [7, 11) is 0. The Morgan fingerprint density at radius 1 is 1.25 bits per heavy atom. The number of rotatable bonds is 4. The van der Waals surface area contributed by atoms with E-state index < -0.39 is 12.1 Å². The molecule has 7 heteroatoms. The maximum Gasteiger partial charge on any atom is 0.340 e. The molecule has 3 rings (SSSR count). The van der Waals surface area contributed by atoms with Crippen molar-refractivity contribution in [3.8, 4) is 11.5 Å². The quantitative estimate of drug-likeness (QED) is 0.431. The summed E-state index contributed by atoms with van der Waals surface area (Å²) in [5.41, 5.74) is 1.11. The van der Waals surface area contributed by atoms with Crippen LogP contribution in [0.15, 0.2) is 40.9 Å². The minimum Gasteiger partial charge on any atom is -0.454 e. The topological polar surface area (TPSA) is 44.8 Å². The standard InChI is InChI=1S/C17H13Br2ClO4/c1-9(18)16(24-17(21)10-4-2-3-5-13(10)20)11-6-14-15(7-12(11)19)23-8-22-14/h2-7,9,16H,8H2,1H3/t9-,16-/m1/s1. The van der Waals surface area contributed by atoms with Crippen LogP contribution in [0.2, 0.25) is 5.02 Å². The molecule has 0 N–H and O–H groups in total. The van der Waals surface area contributed by atoms with Gasteiger partial charge in [0.05, 0.1) is 15.4 Å². The Hall–Kier alpha value is -1.24. The number of alkyl halides is 1. The molecule has 0 unspecified atom stereocenters. The molecule has 24 heavy (non-hydrogen) atoms. The third-order valence-corrected chi connectivity index (χ3v) is 5.04. The van der Waals surface area contributed by atoms with Gasteiger partial charge in [0.2, 0.25) is 6.79 Å². The Kier molecular flexibility index (Phi) is 5.37. The lowest BCUT2D eigenvalue weighted by atomic mass is 10.1. The number of benzene rings is 2. The molecular formula is C17H13Br2ClO4. The maximum atomic E-state index is 12.5. The van der Waals surface area contributed by atoms with Gasteiger partial charge in [-0.05, 0) is 31.2 Å². The normalized spacial score (nSPS) is 15.0. The number of esters is 1. The molecule has 126 valence electrons. The van der Waals surface area contributed by atoms with Crippen LogP contribution in [0.1, 0.15) is 28.9 Å². The van der Waals surface area contributed by atoms with Gasteiger partial charge in [-0.25, -0.2) is 4.79 Å². The van der Waals surface area contributed by atoms with Crippen LogP contribution in [0, 0.1) is 0 Å². The third kappa shape index (κ3) is 3.55. The predicted molar refractivity (Wildman–Crippen MR) is 98.3 cm³/mol. The summed E-state index contributed by atoms with van der Waals surface area (Å²) >= 11 is 13.1. The number of halogens is 3. The van der Waals surface area contributed by atoms with Crippen molar-refractivity contribution in [1.29, 1.82) is 0 Å². The Morgan fingerprint density at radius 3 is 2.58 bits per heavy atom. The minimum atomic E-state index is -0.530. The summed E-state index contributed by atoms with van der Waals surface area (Å²) < 4.78 is 17.2. The summed E-state index contributed by atoms with van der Waals surface area (Å²) in [6.07, 6.45) is -0.530. The van der Waals surface area contributed by atoms with Crippen molar-refractivity contribution in [1.82, 2.24) is 0 Å². The van der Waals surface area contributed by atoms with Gasteiger partial charge in [0, 0.05) is 10.0 Å². The SMILES string of the molecule is C[C@@H](Br)[C@@H](OC(=O)c1ccccc1Cl)c1cc2c(cc1Br)OCO2. The zero-order valence-corrected chi connectivity index (χ0v) is 16.5. The van der Waals surface area contributed by atoms with Gasteiger partial charge in [0.25, 0.3) is 0 Å². The summed E-state index contributed by atoms with van der Waals surface area (Å²) in [6.45, 7) is 2.08. The predicted octanol–water partition coefficient (Wildman–Crippen LogP) is 5.51. The smallest absolute Gasteiger partial charge is 0.340 e. The van der Waals surface area contributed by atoms with Gasteiger partial charge in [0.1, 0.15) is 6.10 Å². The second-order valence-corrected chi connectivity index (χ2v) is 7.92. The largest absolute Gasteiger partial charge is 0.454 e. The van der Waals surface area contributed by atoms with Crippen molar-refractivity contribution in [3.05, 3.63) is 57.0 Å². The van der Waals surface area contributed by atoms with E-state index >= 15 is 0 Å². The van der Waals surface area contributed by atoms with E-state index in [1.807, 2.05) is 19.1 Å². The Morgan fingerprint density at radius 2 is 1.92 bits per heavy atom. The van der Waals surface area contributed by atoms with E-state index in [9.17, 15) is 4.79 Å². The molecule has 4 nitrogen and oxygen atoms in total. The third-order valence-electron chi connectivity index (χ3n) is 3.54. The number of ether oxygens (including phenoxy) is 3. The molecule has 0 bridgehead atoms. The number of carbonyl (C=O) groups excluding carboxylic acids is 1. The molecule has 2 aromatic carbocycles. The molecule has 2 atom stereocenters. The van der Waals surface area contributed by atoms with E-state index in [-0.39, 0.29) is 11.6 Å². The van der Waals surface area contributed by atoms with E-state index in [0.717, 1.165) is 10.0 Å². The molecule has 1 aliphatic rings. The van der Waals surface area contributed by atoms with E-state index in [1.54, 1.807) is 24.3 Å². The second kappa shape index (κ2) is 7.33. The molecule has 0 spiro atoms. The second-order valence-electron chi connectivity index (χ2n) is 5.21. The number of carbonyl (C=O) groups is 1. The van der Waals surface area contributed by atoms with Gasteiger partial charge in [-0.1, -0.05) is 55.6 Å². The maximum absolute atomic E-state index is 12.5. The van der Waals surface area contributed by atoms with E-state index in [1.165, 1.54) is 0 Å². The Labute approximate surface area is 161 Å². The molecule has 0 saturated carbocycles. The average molecular weight is 477 g/mol. The van der Waals surface area contributed by atoms with Crippen LogP contribution in [0.4, 0.5) is 0 Å². The molecule has 0 radical (unpaired) electrons. The lowest BCUT2D eigenvalue weighted by Gasteiger charge is -2.22. The van der Waals surface area contributed by atoms with Gasteiger partial charge in [-0.15, -0.1) is 0 Å². The molecular weight excluding hydrogens is 463 g/mol. The first kappa shape index (κ1) is 17.6. The van der Waals surface area contributed by atoms with Crippen LogP contribution >= 0.6 is 43.5 Å². The van der Waals surface area contributed by atoms with Crippen molar-refractivity contribution in [2.45, 2.75) is 17.9 Å². The fraction of sp³-hybridized carbons (Fsp3) is 0.235. The lowest BCUT2D eigenvalue weighted by Crippen LogP contribution is -2.18. The van der Waals surface area contributed by atoms with Crippen molar-refractivity contribution in [3.63, 3.8) is 0 Å². The van der Waals surface area contributed by atoms with Crippen molar-refractivity contribution >= 4 is 49.4 Å². The van der Waals surface area contributed by atoms with Gasteiger partial charge in [-0.2, -0.15) is 0 Å². The Bertz CT molecular complexity index is 779. The van der Waals surface area contributed by atoms with Crippen LogP contribution in [0.25, 0.3) is 0 Å². The van der Waals surface area contributed by atoms with E-state index in [0.29, 0.717) is 22.1 Å². The van der Waals surface area contributed by atoms with Crippen molar-refractivity contribution in [2.75, 3.05) is 6.79 Å². The highest BCUT2D eigenvalue weighted by molar-refractivity contribution is 9.10. The summed E-state index contributed by atoms with van der Waals surface area (Å²) in [6, 6.07) is 10.4. The van der Waals surface area contributed by atoms with E-state index in [2.05, 4.69) is 31.9 Å².